The van der Waals surface area contributed by atoms with Crippen LogP contribution in [0.1, 0.15) is 43.7 Å². The second kappa shape index (κ2) is 7.13. The molecule has 0 bridgehead atoms. The highest BCUT2D eigenvalue weighted by molar-refractivity contribution is 5.30. The average Bonchev–Trinajstić information content (AvgIpc) is 2.44. The first kappa shape index (κ1) is 16.1. The minimum atomic E-state index is -4.68. The predicted molar refractivity (Wildman–Crippen MR) is 72.9 cm³/mol. The van der Waals surface area contributed by atoms with Gasteiger partial charge in [0, 0.05) is 12.6 Å². The third-order valence-corrected chi connectivity index (χ3v) is 3.59. The van der Waals surface area contributed by atoms with Gasteiger partial charge >= 0.3 is 6.36 Å². The minimum absolute atomic E-state index is 0.222. The lowest BCUT2D eigenvalue weighted by atomic mass is 9.98. The topological polar surface area (TPSA) is 44.5 Å². The van der Waals surface area contributed by atoms with E-state index < -0.39 is 6.36 Å². The molecule has 2 unspecified atom stereocenters. The van der Waals surface area contributed by atoms with E-state index in [1.54, 1.807) is 6.07 Å². The van der Waals surface area contributed by atoms with Crippen LogP contribution in [0, 0.1) is 0 Å². The summed E-state index contributed by atoms with van der Waals surface area (Å²) in [6, 6.07) is 5.55. The van der Waals surface area contributed by atoms with Crippen molar-refractivity contribution in [2.75, 3.05) is 6.61 Å². The van der Waals surface area contributed by atoms with E-state index >= 15 is 0 Å². The summed E-state index contributed by atoms with van der Waals surface area (Å²) in [7, 11) is 0. The van der Waals surface area contributed by atoms with Crippen LogP contribution in [0.3, 0.4) is 0 Å². The van der Waals surface area contributed by atoms with Gasteiger partial charge in [-0.25, -0.2) is 0 Å². The van der Waals surface area contributed by atoms with Crippen LogP contribution < -0.4 is 10.5 Å². The van der Waals surface area contributed by atoms with Gasteiger partial charge in [-0.1, -0.05) is 12.1 Å². The van der Waals surface area contributed by atoms with E-state index in [-0.39, 0.29) is 17.9 Å². The average molecular weight is 303 g/mol. The first-order valence-corrected chi connectivity index (χ1v) is 7.17. The number of ether oxygens (including phenoxy) is 2. The SMILES string of the molecule is NC(CCC1CCCCO1)c1cccc(OC(F)(F)F)c1. The molecule has 0 aliphatic carbocycles. The Morgan fingerprint density at radius 1 is 1.33 bits per heavy atom. The molecule has 1 heterocycles. The molecule has 1 fully saturated rings. The molecule has 1 saturated heterocycles. The Labute approximate surface area is 122 Å². The molecular weight excluding hydrogens is 283 g/mol. The van der Waals surface area contributed by atoms with Crippen LogP contribution in [-0.4, -0.2) is 19.1 Å². The van der Waals surface area contributed by atoms with Crippen molar-refractivity contribution < 1.29 is 22.6 Å². The summed E-state index contributed by atoms with van der Waals surface area (Å²) < 4.78 is 46.1. The molecule has 6 heteroatoms. The van der Waals surface area contributed by atoms with Gasteiger partial charge in [-0.2, -0.15) is 0 Å². The molecule has 0 amide bonds. The van der Waals surface area contributed by atoms with E-state index in [9.17, 15) is 13.2 Å². The first-order chi connectivity index (χ1) is 9.94. The molecule has 1 aliphatic rings. The third kappa shape index (κ3) is 5.55. The molecule has 0 radical (unpaired) electrons. The molecule has 2 N–H and O–H groups in total. The zero-order valence-electron chi connectivity index (χ0n) is 11.7. The highest BCUT2D eigenvalue weighted by Crippen LogP contribution is 2.27. The van der Waals surface area contributed by atoms with Gasteiger partial charge in [-0.3, -0.25) is 0 Å². The number of nitrogens with two attached hydrogens (primary N) is 1. The normalized spacial score (nSPS) is 21.0. The van der Waals surface area contributed by atoms with E-state index in [0.717, 1.165) is 32.3 Å². The second-order valence-electron chi connectivity index (χ2n) is 5.29. The van der Waals surface area contributed by atoms with Crippen LogP contribution in [0.25, 0.3) is 0 Å². The number of benzene rings is 1. The summed E-state index contributed by atoms with van der Waals surface area (Å²) in [6.07, 6.45) is 0.335. The summed E-state index contributed by atoms with van der Waals surface area (Å²) in [5.41, 5.74) is 6.70. The molecule has 2 atom stereocenters. The van der Waals surface area contributed by atoms with E-state index in [2.05, 4.69) is 4.74 Å². The number of alkyl halides is 3. The highest BCUT2D eigenvalue weighted by atomic mass is 19.4. The number of hydrogen-bond donors (Lipinski definition) is 1. The lowest BCUT2D eigenvalue weighted by molar-refractivity contribution is -0.274. The Morgan fingerprint density at radius 3 is 2.81 bits per heavy atom. The maximum absolute atomic E-state index is 12.2. The fourth-order valence-corrected chi connectivity index (χ4v) is 2.51. The first-order valence-electron chi connectivity index (χ1n) is 7.17. The molecule has 118 valence electrons. The smallest absolute Gasteiger partial charge is 0.406 e. The van der Waals surface area contributed by atoms with Crippen molar-refractivity contribution in [1.82, 2.24) is 0 Å². The largest absolute Gasteiger partial charge is 0.573 e. The zero-order chi connectivity index (χ0) is 15.3. The molecule has 21 heavy (non-hydrogen) atoms. The lowest BCUT2D eigenvalue weighted by Crippen LogP contribution is -2.21. The fraction of sp³-hybridized carbons (Fsp3) is 0.600. The molecule has 0 aromatic heterocycles. The summed E-state index contributed by atoms with van der Waals surface area (Å²) in [6.45, 7) is 0.787. The van der Waals surface area contributed by atoms with E-state index in [1.807, 2.05) is 0 Å². The highest BCUT2D eigenvalue weighted by Gasteiger charge is 2.31. The molecule has 1 aromatic carbocycles. The molecule has 2 rings (SSSR count). The molecule has 0 spiro atoms. The van der Waals surface area contributed by atoms with Crippen LogP contribution in [0.4, 0.5) is 13.2 Å². The van der Waals surface area contributed by atoms with Gasteiger partial charge in [0.15, 0.2) is 0 Å². The van der Waals surface area contributed by atoms with Gasteiger partial charge in [0.1, 0.15) is 5.75 Å². The second-order valence-corrected chi connectivity index (χ2v) is 5.29. The fourth-order valence-electron chi connectivity index (χ4n) is 2.51. The molecule has 0 saturated carbocycles. The molecule has 1 aromatic rings. The Hall–Kier alpha value is -1.27. The van der Waals surface area contributed by atoms with Crippen LogP contribution in [0.2, 0.25) is 0 Å². The molecular formula is C15H20F3NO2. The maximum Gasteiger partial charge on any atom is 0.573 e. The van der Waals surface area contributed by atoms with Crippen molar-refractivity contribution >= 4 is 0 Å². The zero-order valence-corrected chi connectivity index (χ0v) is 11.7. The summed E-state index contributed by atoms with van der Waals surface area (Å²) >= 11 is 0. The summed E-state index contributed by atoms with van der Waals surface area (Å²) in [4.78, 5) is 0. The van der Waals surface area contributed by atoms with Gasteiger partial charge < -0.3 is 15.2 Å². The lowest BCUT2D eigenvalue weighted by Gasteiger charge is -2.24. The van der Waals surface area contributed by atoms with Gasteiger partial charge in [-0.05, 0) is 49.8 Å². The van der Waals surface area contributed by atoms with Gasteiger partial charge in [0.2, 0.25) is 0 Å². The van der Waals surface area contributed by atoms with Crippen LogP contribution >= 0.6 is 0 Å². The van der Waals surface area contributed by atoms with Crippen molar-refractivity contribution in [2.24, 2.45) is 5.73 Å². The number of hydrogen-bond acceptors (Lipinski definition) is 3. The standard InChI is InChI=1S/C15H20F3NO2/c16-15(17,18)21-13-6-3-4-11(10-13)14(19)8-7-12-5-1-2-9-20-12/h3-4,6,10,12,14H,1-2,5,7-9,19H2. The predicted octanol–water partition coefficient (Wildman–Crippen LogP) is 3.93. The summed E-state index contributed by atoms with van der Waals surface area (Å²) in [5, 5.41) is 0. The van der Waals surface area contributed by atoms with E-state index in [0.29, 0.717) is 12.0 Å². The van der Waals surface area contributed by atoms with Gasteiger partial charge in [-0.15, -0.1) is 13.2 Å². The van der Waals surface area contributed by atoms with Crippen molar-refractivity contribution in [3.05, 3.63) is 29.8 Å². The van der Waals surface area contributed by atoms with Gasteiger partial charge in [0.25, 0.3) is 0 Å². The Bertz CT molecular complexity index is 445. The van der Waals surface area contributed by atoms with Gasteiger partial charge in [0.05, 0.1) is 6.10 Å². The van der Waals surface area contributed by atoms with Crippen LogP contribution in [0.5, 0.6) is 5.75 Å². The minimum Gasteiger partial charge on any atom is -0.406 e. The van der Waals surface area contributed by atoms with Crippen molar-refractivity contribution in [1.29, 1.82) is 0 Å². The Morgan fingerprint density at radius 2 is 2.14 bits per heavy atom. The van der Waals surface area contributed by atoms with Crippen LogP contribution in [0.15, 0.2) is 24.3 Å². The molecule has 3 nitrogen and oxygen atoms in total. The quantitative estimate of drug-likeness (QED) is 0.896. The summed E-state index contributed by atoms with van der Waals surface area (Å²) in [5.74, 6) is -0.232. The van der Waals surface area contributed by atoms with Crippen molar-refractivity contribution in [2.45, 2.75) is 50.6 Å². The van der Waals surface area contributed by atoms with Crippen molar-refractivity contribution in [3.8, 4) is 5.75 Å². The Kier molecular flexibility index (Phi) is 5.47. The van der Waals surface area contributed by atoms with Crippen molar-refractivity contribution in [3.63, 3.8) is 0 Å². The van der Waals surface area contributed by atoms with Crippen LogP contribution in [-0.2, 0) is 4.74 Å². The maximum atomic E-state index is 12.2. The third-order valence-electron chi connectivity index (χ3n) is 3.59. The number of halogens is 3. The number of rotatable bonds is 5. The monoisotopic (exact) mass is 303 g/mol. The van der Waals surface area contributed by atoms with E-state index in [4.69, 9.17) is 10.5 Å². The molecule has 1 aliphatic heterocycles. The Balaban J connectivity index is 1.89. The van der Waals surface area contributed by atoms with E-state index in [1.165, 1.54) is 18.2 Å².